The molecule has 0 bridgehead atoms. The monoisotopic (exact) mass is 190 g/mol. The van der Waals surface area contributed by atoms with E-state index in [2.05, 4.69) is 19.7 Å². The van der Waals surface area contributed by atoms with Gasteiger partial charge in [0.25, 0.3) is 5.24 Å². The third kappa shape index (κ3) is 1.42. The summed E-state index contributed by atoms with van der Waals surface area (Å²) in [4.78, 5) is 21.3. The summed E-state index contributed by atoms with van der Waals surface area (Å²) in [7, 11) is 1.14. The minimum Gasteiger partial charge on any atom is -0.464 e. The van der Waals surface area contributed by atoms with Gasteiger partial charge in [-0.05, 0) is 21.9 Å². The number of carbonyl (C=O) groups is 2. The van der Waals surface area contributed by atoms with E-state index >= 15 is 0 Å². The standard InChI is InChI=1S/C5H3ClN2O4/c1-11-5(10)3-2(4(6)9)7-12-8-3/h1H3. The molecule has 0 fully saturated rings. The van der Waals surface area contributed by atoms with Gasteiger partial charge in [0.05, 0.1) is 7.11 Å². The Kier molecular flexibility index (Phi) is 2.39. The van der Waals surface area contributed by atoms with Gasteiger partial charge in [0.2, 0.25) is 11.4 Å². The highest BCUT2D eigenvalue weighted by Crippen LogP contribution is 2.06. The second kappa shape index (κ2) is 3.31. The van der Waals surface area contributed by atoms with Crippen LogP contribution in [0.4, 0.5) is 0 Å². The van der Waals surface area contributed by atoms with E-state index in [1.165, 1.54) is 0 Å². The molecule has 1 aromatic heterocycles. The molecule has 1 aromatic rings. The Labute approximate surface area is 71.4 Å². The largest absolute Gasteiger partial charge is 0.464 e. The molecule has 0 aromatic carbocycles. The number of hydrogen-bond acceptors (Lipinski definition) is 6. The number of methoxy groups -OCH3 is 1. The molecule has 0 amide bonds. The van der Waals surface area contributed by atoms with Crippen molar-refractivity contribution >= 4 is 22.8 Å². The zero-order chi connectivity index (χ0) is 9.14. The van der Waals surface area contributed by atoms with Gasteiger partial charge in [-0.25, -0.2) is 9.42 Å². The topological polar surface area (TPSA) is 82.3 Å². The Morgan fingerprint density at radius 3 is 2.50 bits per heavy atom. The van der Waals surface area contributed by atoms with Gasteiger partial charge in [0.1, 0.15) is 0 Å². The molecule has 1 heterocycles. The predicted molar refractivity (Wildman–Crippen MR) is 35.8 cm³/mol. The Bertz CT molecular complexity index is 321. The summed E-state index contributed by atoms with van der Waals surface area (Å²) in [6.07, 6.45) is 0. The van der Waals surface area contributed by atoms with Gasteiger partial charge >= 0.3 is 5.97 Å². The molecule has 0 atom stereocenters. The van der Waals surface area contributed by atoms with Crippen molar-refractivity contribution in [2.45, 2.75) is 0 Å². The maximum absolute atomic E-state index is 10.8. The molecule has 0 N–H and O–H groups in total. The van der Waals surface area contributed by atoms with Crippen LogP contribution in [0.1, 0.15) is 21.0 Å². The number of nitrogens with zero attached hydrogens (tertiary/aromatic N) is 2. The van der Waals surface area contributed by atoms with E-state index in [9.17, 15) is 9.59 Å². The van der Waals surface area contributed by atoms with Crippen LogP contribution in [0.3, 0.4) is 0 Å². The summed E-state index contributed by atoms with van der Waals surface area (Å²) < 4.78 is 8.40. The van der Waals surface area contributed by atoms with E-state index in [-0.39, 0.29) is 11.4 Å². The maximum Gasteiger partial charge on any atom is 0.362 e. The summed E-state index contributed by atoms with van der Waals surface area (Å²) in [6.45, 7) is 0. The lowest BCUT2D eigenvalue weighted by Gasteiger charge is -1.91. The first kappa shape index (κ1) is 8.66. The fraction of sp³-hybridized carbons (Fsp3) is 0.200. The first-order chi connectivity index (χ1) is 5.66. The smallest absolute Gasteiger partial charge is 0.362 e. The van der Waals surface area contributed by atoms with Crippen molar-refractivity contribution in [3.8, 4) is 0 Å². The maximum atomic E-state index is 10.8. The SMILES string of the molecule is COC(=O)c1nonc1C(=O)Cl. The average molecular weight is 191 g/mol. The molecule has 0 spiro atoms. The van der Waals surface area contributed by atoms with Crippen LogP contribution in [-0.4, -0.2) is 28.6 Å². The summed E-state index contributed by atoms with van der Waals surface area (Å²) in [6, 6.07) is 0. The van der Waals surface area contributed by atoms with E-state index in [0.29, 0.717) is 0 Å². The van der Waals surface area contributed by atoms with Crippen molar-refractivity contribution in [2.24, 2.45) is 0 Å². The zero-order valence-electron chi connectivity index (χ0n) is 5.91. The van der Waals surface area contributed by atoms with Crippen molar-refractivity contribution in [3.63, 3.8) is 0 Å². The van der Waals surface area contributed by atoms with Crippen molar-refractivity contribution in [1.82, 2.24) is 10.3 Å². The first-order valence-corrected chi connectivity index (χ1v) is 3.15. The minimum absolute atomic E-state index is 0.322. The third-order valence-corrected chi connectivity index (χ3v) is 1.23. The van der Waals surface area contributed by atoms with Crippen LogP contribution in [0.15, 0.2) is 4.63 Å². The molecule has 0 aliphatic carbocycles. The van der Waals surface area contributed by atoms with E-state index in [4.69, 9.17) is 11.6 Å². The van der Waals surface area contributed by atoms with Crippen LogP contribution in [0.25, 0.3) is 0 Å². The Morgan fingerprint density at radius 1 is 1.42 bits per heavy atom. The fourth-order valence-corrected chi connectivity index (χ4v) is 0.672. The molecule has 0 aliphatic rings. The molecule has 12 heavy (non-hydrogen) atoms. The lowest BCUT2D eigenvalue weighted by Crippen LogP contribution is -2.07. The fourth-order valence-electron chi connectivity index (χ4n) is 0.548. The van der Waals surface area contributed by atoms with Crippen molar-refractivity contribution < 1.29 is 19.0 Å². The van der Waals surface area contributed by atoms with Gasteiger partial charge in [0, 0.05) is 0 Å². The summed E-state index contributed by atoms with van der Waals surface area (Å²) in [5.41, 5.74) is -0.666. The Balaban J connectivity index is 3.07. The van der Waals surface area contributed by atoms with Gasteiger partial charge in [-0.2, -0.15) is 0 Å². The number of aromatic nitrogens is 2. The van der Waals surface area contributed by atoms with E-state index < -0.39 is 11.2 Å². The molecule has 0 aliphatic heterocycles. The van der Waals surface area contributed by atoms with Crippen LogP contribution in [0.5, 0.6) is 0 Å². The van der Waals surface area contributed by atoms with Crippen molar-refractivity contribution in [3.05, 3.63) is 11.4 Å². The molecule has 7 heteroatoms. The number of hydrogen-bond donors (Lipinski definition) is 0. The molecule has 1 rings (SSSR count). The van der Waals surface area contributed by atoms with Crippen LogP contribution in [0, 0.1) is 0 Å². The number of ether oxygens (including phenoxy) is 1. The molecule has 0 unspecified atom stereocenters. The first-order valence-electron chi connectivity index (χ1n) is 2.77. The van der Waals surface area contributed by atoms with Gasteiger partial charge in [0.15, 0.2) is 0 Å². The summed E-state index contributed by atoms with van der Waals surface area (Å²) in [5, 5.41) is 5.34. The molecular formula is C5H3ClN2O4. The molecule has 6 nitrogen and oxygen atoms in total. The summed E-state index contributed by atoms with van der Waals surface area (Å²) >= 11 is 5.04. The van der Waals surface area contributed by atoms with Crippen molar-refractivity contribution in [1.29, 1.82) is 0 Å². The highest BCUT2D eigenvalue weighted by Gasteiger charge is 2.22. The highest BCUT2D eigenvalue weighted by molar-refractivity contribution is 6.67. The lowest BCUT2D eigenvalue weighted by molar-refractivity contribution is 0.0586. The molecule has 0 saturated heterocycles. The van der Waals surface area contributed by atoms with Gasteiger partial charge in [-0.15, -0.1) is 0 Å². The predicted octanol–water partition coefficient (Wildman–Crippen LogP) is 0.235. The number of esters is 1. The minimum atomic E-state index is -0.920. The zero-order valence-corrected chi connectivity index (χ0v) is 6.66. The molecule has 0 radical (unpaired) electrons. The molecule has 64 valence electrons. The lowest BCUT2D eigenvalue weighted by atomic mass is 10.3. The normalized spacial score (nSPS) is 9.50. The van der Waals surface area contributed by atoms with Crippen LogP contribution < -0.4 is 0 Å². The second-order valence-corrected chi connectivity index (χ2v) is 2.07. The van der Waals surface area contributed by atoms with E-state index in [0.717, 1.165) is 7.11 Å². The van der Waals surface area contributed by atoms with Gasteiger partial charge in [-0.1, -0.05) is 0 Å². The quantitative estimate of drug-likeness (QED) is 0.491. The highest BCUT2D eigenvalue weighted by atomic mass is 35.5. The number of carbonyl (C=O) groups excluding carboxylic acids is 2. The Hall–Kier alpha value is -1.43. The molecule has 0 saturated carbocycles. The number of rotatable bonds is 2. The third-order valence-electron chi connectivity index (χ3n) is 1.05. The van der Waals surface area contributed by atoms with E-state index in [1.54, 1.807) is 0 Å². The van der Waals surface area contributed by atoms with Gasteiger partial charge in [-0.3, -0.25) is 4.79 Å². The van der Waals surface area contributed by atoms with E-state index in [1.807, 2.05) is 0 Å². The molecular weight excluding hydrogens is 188 g/mol. The number of halogens is 1. The summed E-state index contributed by atoms with van der Waals surface area (Å²) in [5.74, 6) is -0.819. The van der Waals surface area contributed by atoms with Crippen molar-refractivity contribution in [2.75, 3.05) is 7.11 Å². The second-order valence-electron chi connectivity index (χ2n) is 1.73. The van der Waals surface area contributed by atoms with Crippen LogP contribution in [0.2, 0.25) is 0 Å². The van der Waals surface area contributed by atoms with Gasteiger partial charge < -0.3 is 4.74 Å². The van der Waals surface area contributed by atoms with Crippen LogP contribution in [-0.2, 0) is 4.74 Å². The van der Waals surface area contributed by atoms with Crippen LogP contribution >= 0.6 is 11.6 Å². The Morgan fingerprint density at radius 2 is 2.00 bits per heavy atom. The average Bonchev–Trinajstić information content (AvgIpc) is 2.50.